The van der Waals surface area contributed by atoms with E-state index in [0.717, 1.165) is 22.3 Å². The van der Waals surface area contributed by atoms with Crippen molar-refractivity contribution >= 4 is 29.6 Å². The van der Waals surface area contributed by atoms with Gasteiger partial charge in [-0.15, -0.1) is 0 Å². The Morgan fingerprint density at radius 1 is 0.738 bits per heavy atom. The van der Waals surface area contributed by atoms with Crippen LogP contribution in [0.25, 0.3) is 11.1 Å². The van der Waals surface area contributed by atoms with Crippen molar-refractivity contribution < 1.29 is 38.2 Å². The number of benzene rings is 2. The third kappa shape index (κ3) is 8.27. The second-order valence-electron chi connectivity index (χ2n) is 12.4. The number of rotatable bonds is 11. The third-order valence-corrected chi connectivity index (χ3v) is 7.18. The standard InChI is InChI=1S/C33H41NO8/c1-18(2)20(5)30(37)40-16-27(35)21-9-11-25-23(13-21)15-24-14-22(10-12-26(24)25)28(36)17-41-31(38)29(19(3)4)34-32(39)42-33(6,7)8/h9-14,18-20,29H,15-17H2,1-8H3,(H,34,39)/t20-,29-/m0/s1. The van der Waals surface area contributed by atoms with Gasteiger partial charge in [0.15, 0.2) is 24.8 Å². The van der Waals surface area contributed by atoms with Crippen molar-refractivity contribution in [3.63, 3.8) is 0 Å². The summed E-state index contributed by atoms with van der Waals surface area (Å²) in [4.78, 5) is 62.6. The van der Waals surface area contributed by atoms with E-state index in [2.05, 4.69) is 5.32 Å². The first-order valence-electron chi connectivity index (χ1n) is 14.2. The maximum absolute atomic E-state index is 12.9. The lowest BCUT2D eigenvalue weighted by atomic mass is 9.98. The minimum absolute atomic E-state index is 0.119. The third-order valence-electron chi connectivity index (χ3n) is 7.18. The molecule has 0 saturated carbocycles. The summed E-state index contributed by atoms with van der Waals surface area (Å²) in [7, 11) is 0. The molecular weight excluding hydrogens is 538 g/mol. The zero-order valence-corrected chi connectivity index (χ0v) is 25.7. The second kappa shape index (κ2) is 13.3. The van der Waals surface area contributed by atoms with E-state index in [0.29, 0.717) is 17.5 Å². The van der Waals surface area contributed by atoms with E-state index < -0.39 is 36.3 Å². The van der Waals surface area contributed by atoms with E-state index in [9.17, 15) is 24.0 Å². The Balaban J connectivity index is 1.62. The number of esters is 2. The summed E-state index contributed by atoms with van der Waals surface area (Å²) >= 11 is 0. The number of hydrogen-bond acceptors (Lipinski definition) is 8. The summed E-state index contributed by atoms with van der Waals surface area (Å²) in [6.45, 7) is 13.5. The first kappa shape index (κ1) is 32.5. The number of hydrogen-bond donors (Lipinski definition) is 1. The predicted octanol–water partition coefficient (Wildman–Crippen LogP) is 5.55. The van der Waals surface area contributed by atoms with E-state index in [4.69, 9.17) is 14.2 Å². The van der Waals surface area contributed by atoms with Gasteiger partial charge in [0.25, 0.3) is 0 Å². The van der Waals surface area contributed by atoms with Crippen LogP contribution in [-0.2, 0) is 30.2 Å². The molecule has 0 saturated heterocycles. The van der Waals surface area contributed by atoms with Crippen LogP contribution in [-0.4, -0.2) is 54.5 Å². The van der Waals surface area contributed by atoms with E-state index in [1.165, 1.54) is 0 Å². The Labute approximate surface area is 247 Å². The van der Waals surface area contributed by atoms with Gasteiger partial charge in [0, 0.05) is 11.1 Å². The van der Waals surface area contributed by atoms with Gasteiger partial charge in [0.05, 0.1) is 5.92 Å². The molecule has 1 aliphatic carbocycles. The molecule has 2 atom stereocenters. The molecular formula is C33H41NO8. The van der Waals surface area contributed by atoms with Crippen LogP contribution < -0.4 is 5.32 Å². The van der Waals surface area contributed by atoms with Crippen molar-refractivity contribution in [2.24, 2.45) is 17.8 Å². The Morgan fingerprint density at radius 2 is 1.21 bits per heavy atom. The van der Waals surface area contributed by atoms with Gasteiger partial charge in [0.2, 0.25) is 0 Å². The molecule has 0 unspecified atom stereocenters. The molecule has 2 aromatic rings. The Hall–Kier alpha value is -4.01. The van der Waals surface area contributed by atoms with E-state index in [1.54, 1.807) is 65.8 Å². The first-order chi connectivity index (χ1) is 19.6. The highest BCUT2D eigenvalue weighted by molar-refractivity contribution is 6.01. The monoisotopic (exact) mass is 579 g/mol. The first-order valence-corrected chi connectivity index (χ1v) is 14.2. The highest BCUT2D eigenvalue weighted by atomic mass is 16.6. The fourth-order valence-electron chi connectivity index (χ4n) is 4.42. The van der Waals surface area contributed by atoms with Gasteiger partial charge in [-0.2, -0.15) is 0 Å². The van der Waals surface area contributed by atoms with Crippen LogP contribution in [0.4, 0.5) is 4.79 Å². The number of carbonyl (C=O) groups excluding carboxylic acids is 5. The fourth-order valence-corrected chi connectivity index (χ4v) is 4.42. The summed E-state index contributed by atoms with van der Waals surface area (Å²) in [5.74, 6) is -2.24. The van der Waals surface area contributed by atoms with Crippen LogP contribution in [0.1, 0.15) is 87.2 Å². The van der Waals surface area contributed by atoms with Gasteiger partial charge in [0.1, 0.15) is 11.6 Å². The SMILES string of the molecule is CC(C)[C@H](C)C(=O)OCC(=O)c1ccc2c(c1)Cc1cc(C(=O)COC(=O)[C@@H](NC(=O)OC(C)(C)C)C(C)C)ccc1-2. The van der Waals surface area contributed by atoms with E-state index in [-0.39, 0.29) is 35.9 Å². The molecule has 0 bridgehead atoms. The number of fused-ring (bicyclic) bond motifs is 3. The largest absolute Gasteiger partial charge is 0.457 e. The molecule has 9 nitrogen and oxygen atoms in total. The second-order valence-corrected chi connectivity index (χ2v) is 12.4. The molecule has 1 amide bonds. The average molecular weight is 580 g/mol. The van der Waals surface area contributed by atoms with Crippen molar-refractivity contribution in [2.75, 3.05) is 13.2 Å². The molecule has 226 valence electrons. The minimum Gasteiger partial charge on any atom is -0.457 e. The normalized spacial score (nSPS) is 13.6. The smallest absolute Gasteiger partial charge is 0.408 e. The lowest BCUT2D eigenvalue weighted by Gasteiger charge is -2.24. The summed E-state index contributed by atoms with van der Waals surface area (Å²) in [6.07, 6.45) is -0.221. The molecule has 0 heterocycles. The fraction of sp³-hybridized carbons (Fsp3) is 0.485. The predicted molar refractivity (Wildman–Crippen MR) is 157 cm³/mol. The van der Waals surface area contributed by atoms with Gasteiger partial charge < -0.3 is 19.5 Å². The van der Waals surface area contributed by atoms with Gasteiger partial charge >= 0.3 is 18.0 Å². The topological polar surface area (TPSA) is 125 Å². The number of nitrogens with one attached hydrogen (secondary N) is 1. The Kier molecular flexibility index (Phi) is 10.3. The van der Waals surface area contributed by atoms with Crippen molar-refractivity contribution in [2.45, 2.75) is 73.5 Å². The average Bonchev–Trinajstić information content (AvgIpc) is 3.28. The van der Waals surface area contributed by atoms with Gasteiger partial charge in [-0.3, -0.25) is 14.4 Å². The van der Waals surface area contributed by atoms with Gasteiger partial charge in [-0.25, -0.2) is 9.59 Å². The van der Waals surface area contributed by atoms with Crippen molar-refractivity contribution in [3.05, 3.63) is 58.7 Å². The van der Waals surface area contributed by atoms with Crippen LogP contribution in [0.2, 0.25) is 0 Å². The van der Waals surface area contributed by atoms with Crippen molar-refractivity contribution in [1.82, 2.24) is 5.32 Å². The highest BCUT2D eigenvalue weighted by Gasteiger charge is 2.29. The number of ketones is 2. The molecule has 0 radical (unpaired) electrons. The molecule has 0 aliphatic heterocycles. The maximum atomic E-state index is 12.9. The molecule has 3 rings (SSSR count). The Morgan fingerprint density at radius 3 is 1.64 bits per heavy atom. The molecule has 42 heavy (non-hydrogen) atoms. The zero-order chi connectivity index (χ0) is 31.4. The quantitative estimate of drug-likeness (QED) is 0.178. The molecule has 2 aromatic carbocycles. The lowest BCUT2D eigenvalue weighted by Crippen LogP contribution is -2.47. The van der Waals surface area contributed by atoms with Crippen LogP contribution in [0, 0.1) is 17.8 Å². The molecule has 9 heteroatoms. The molecule has 1 aliphatic rings. The summed E-state index contributed by atoms with van der Waals surface area (Å²) < 4.78 is 15.7. The van der Waals surface area contributed by atoms with E-state index in [1.807, 2.05) is 26.0 Å². The number of ether oxygens (including phenoxy) is 3. The molecule has 0 fully saturated rings. The van der Waals surface area contributed by atoms with Gasteiger partial charge in [-0.1, -0.05) is 58.9 Å². The van der Waals surface area contributed by atoms with Crippen LogP contribution in [0.3, 0.4) is 0 Å². The van der Waals surface area contributed by atoms with Gasteiger partial charge in [-0.05, 0) is 73.4 Å². The lowest BCUT2D eigenvalue weighted by molar-refractivity contribution is -0.148. The van der Waals surface area contributed by atoms with E-state index >= 15 is 0 Å². The summed E-state index contributed by atoms with van der Waals surface area (Å²) in [6, 6.07) is 9.68. The maximum Gasteiger partial charge on any atom is 0.408 e. The number of carbonyl (C=O) groups is 5. The number of Topliss-reactive ketones (excluding diaryl/α,β-unsaturated/α-hetero) is 2. The Bertz CT molecular complexity index is 1370. The number of alkyl carbamates (subject to hydrolysis) is 1. The van der Waals surface area contributed by atoms with Crippen LogP contribution >= 0.6 is 0 Å². The minimum atomic E-state index is -0.971. The number of amides is 1. The highest BCUT2D eigenvalue weighted by Crippen LogP contribution is 2.37. The summed E-state index contributed by atoms with van der Waals surface area (Å²) in [5, 5.41) is 2.52. The van der Waals surface area contributed by atoms with Crippen molar-refractivity contribution in [1.29, 1.82) is 0 Å². The van der Waals surface area contributed by atoms with Crippen LogP contribution in [0.15, 0.2) is 36.4 Å². The zero-order valence-electron chi connectivity index (χ0n) is 25.7. The summed E-state index contributed by atoms with van der Waals surface area (Å²) in [5.41, 5.74) is 3.88. The molecule has 1 N–H and O–H groups in total. The molecule has 0 aromatic heterocycles. The molecule has 0 spiro atoms. The van der Waals surface area contributed by atoms with Crippen molar-refractivity contribution in [3.8, 4) is 11.1 Å². The van der Waals surface area contributed by atoms with Crippen LogP contribution in [0.5, 0.6) is 0 Å².